The van der Waals surface area contributed by atoms with Crippen molar-refractivity contribution >= 4 is 17.3 Å². The molecule has 25 heavy (non-hydrogen) atoms. The van der Waals surface area contributed by atoms with Crippen molar-refractivity contribution < 1.29 is 14.5 Å². The smallest absolute Gasteiger partial charge is 0.270 e. The molecule has 0 spiro atoms. The first-order valence-electron chi connectivity index (χ1n) is 7.50. The van der Waals surface area contributed by atoms with Crippen LogP contribution in [0.15, 0.2) is 78.9 Å². The van der Waals surface area contributed by atoms with Crippen LogP contribution in [0.5, 0.6) is 11.5 Å². The quantitative estimate of drug-likeness (QED) is 0.544. The Hall–Kier alpha value is -3.67. The monoisotopic (exact) mass is 334 g/mol. The number of carbonyl (C=O) groups is 1. The second-order valence-electron chi connectivity index (χ2n) is 5.20. The van der Waals surface area contributed by atoms with E-state index in [-0.39, 0.29) is 11.3 Å². The second kappa shape index (κ2) is 7.27. The molecule has 0 saturated carbocycles. The Morgan fingerprint density at radius 1 is 0.880 bits per heavy atom. The number of nitrogens with one attached hydrogen (secondary N) is 1. The molecule has 0 heterocycles. The van der Waals surface area contributed by atoms with E-state index in [1.54, 1.807) is 24.3 Å². The van der Waals surface area contributed by atoms with Crippen LogP contribution in [0.25, 0.3) is 0 Å². The van der Waals surface area contributed by atoms with Gasteiger partial charge in [-0.3, -0.25) is 14.9 Å². The zero-order valence-corrected chi connectivity index (χ0v) is 13.1. The lowest BCUT2D eigenvalue weighted by molar-refractivity contribution is -0.384. The maximum atomic E-state index is 12.3. The molecule has 0 bridgehead atoms. The fourth-order valence-electron chi connectivity index (χ4n) is 2.23. The molecule has 0 unspecified atom stereocenters. The van der Waals surface area contributed by atoms with Crippen LogP contribution in [-0.4, -0.2) is 10.8 Å². The van der Waals surface area contributed by atoms with Crippen molar-refractivity contribution in [2.24, 2.45) is 0 Å². The van der Waals surface area contributed by atoms with Crippen LogP contribution in [0.4, 0.5) is 11.4 Å². The van der Waals surface area contributed by atoms with Crippen molar-refractivity contribution in [2.75, 3.05) is 5.32 Å². The molecule has 0 aliphatic heterocycles. The van der Waals surface area contributed by atoms with Gasteiger partial charge < -0.3 is 10.1 Å². The van der Waals surface area contributed by atoms with Gasteiger partial charge in [0, 0.05) is 29.4 Å². The van der Waals surface area contributed by atoms with Crippen molar-refractivity contribution in [1.29, 1.82) is 0 Å². The third-order valence-electron chi connectivity index (χ3n) is 3.39. The Bertz CT molecular complexity index is 910. The van der Waals surface area contributed by atoms with E-state index in [2.05, 4.69) is 5.32 Å². The van der Waals surface area contributed by atoms with Crippen LogP contribution in [0.3, 0.4) is 0 Å². The number of rotatable bonds is 5. The lowest BCUT2D eigenvalue weighted by Gasteiger charge is -2.09. The van der Waals surface area contributed by atoms with E-state index in [0.717, 1.165) is 0 Å². The van der Waals surface area contributed by atoms with E-state index < -0.39 is 10.8 Å². The first-order valence-corrected chi connectivity index (χ1v) is 7.50. The minimum atomic E-state index is -0.537. The van der Waals surface area contributed by atoms with Gasteiger partial charge in [0.2, 0.25) is 0 Å². The SMILES string of the molecule is O=C(Nc1cccc(Oc2ccccc2)c1)c1cccc([N+](=O)[O-])c1. The Labute approximate surface area is 143 Å². The molecule has 0 atom stereocenters. The normalized spacial score (nSPS) is 10.1. The first kappa shape index (κ1) is 16.2. The van der Waals surface area contributed by atoms with Crippen LogP contribution < -0.4 is 10.1 Å². The lowest BCUT2D eigenvalue weighted by atomic mass is 10.2. The van der Waals surface area contributed by atoms with Crippen LogP contribution >= 0.6 is 0 Å². The Morgan fingerprint density at radius 2 is 1.60 bits per heavy atom. The minimum Gasteiger partial charge on any atom is -0.457 e. The Morgan fingerprint density at radius 3 is 2.36 bits per heavy atom. The maximum Gasteiger partial charge on any atom is 0.270 e. The Balaban J connectivity index is 1.74. The summed E-state index contributed by atoms with van der Waals surface area (Å²) in [7, 11) is 0. The number of nitrogens with zero attached hydrogens (tertiary/aromatic N) is 1. The van der Waals surface area contributed by atoms with Crippen LogP contribution in [0.1, 0.15) is 10.4 Å². The third-order valence-corrected chi connectivity index (χ3v) is 3.39. The number of nitro groups is 1. The van der Waals surface area contributed by atoms with Gasteiger partial charge in [0.1, 0.15) is 11.5 Å². The molecule has 1 amide bonds. The van der Waals surface area contributed by atoms with Crippen molar-refractivity contribution in [1.82, 2.24) is 0 Å². The fourth-order valence-corrected chi connectivity index (χ4v) is 2.23. The van der Waals surface area contributed by atoms with Crippen molar-refractivity contribution in [3.05, 3.63) is 94.5 Å². The minimum absolute atomic E-state index is 0.131. The molecule has 0 radical (unpaired) electrons. The van der Waals surface area contributed by atoms with Crippen molar-refractivity contribution in [3.8, 4) is 11.5 Å². The van der Waals surface area contributed by atoms with E-state index in [4.69, 9.17) is 4.74 Å². The van der Waals surface area contributed by atoms with Gasteiger partial charge in [0.15, 0.2) is 0 Å². The van der Waals surface area contributed by atoms with Crippen LogP contribution in [0.2, 0.25) is 0 Å². The summed E-state index contributed by atoms with van der Waals surface area (Å²) in [6.45, 7) is 0. The molecule has 124 valence electrons. The number of anilines is 1. The number of hydrogen-bond donors (Lipinski definition) is 1. The molecule has 6 heteroatoms. The highest BCUT2D eigenvalue weighted by Gasteiger charge is 2.12. The van der Waals surface area contributed by atoms with E-state index in [1.807, 2.05) is 30.3 Å². The highest BCUT2D eigenvalue weighted by Crippen LogP contribution is 2.24. The molecule has 3 aromatic carbocycles. The molecule has 0 aliphatic rings. The number of non-ortho nitro benzene ring substituents is 1. The number of hydrogen-bond acceptors (Lipinski definition) is 4. The summed E-state index contributed by atoms with van der Waals surface area (Å²) in [6.07, 6.45) is 0. The van der Waals surface area contributed by atoms with Crippen LogP contribution in [-0.2, 0) is 0 Å². The van der Waals surface area contributed by atoms with Gasteiger partial charge in [-0.15, -0.1) is 0 Å². The molecule has 0 saturated heterocycles. The summed E-state index contributed by atoms with van der Waals surface area (Å²) in [5.74, 6) is 0.827. The highest BCUT2D eigenvalue weighted by atomic mass is 16.6. The maximum absolute atomic E-state index is 12.3. The standard InChI is InChI=1S/C19H14N2O4/c22-19(14-6-4-8-16(12-14)21(23)24)20-15-7-5-11-18(13-15)25-17-9-2-1-3-10-17/h1-13H,(H,20,22). The summed E-state index contributed by atoms with van der Waals surface area (Å²) in [5, 5.41) is 13.5. The van der Waals surface area contributed by atoms with E-state index >= 15 is 0 Å². The summed E-state index contributed by atoms with van der Waals surface area (Å²) in [6, 6.07) is 21.8. The Kier molecular flexibility index (Phi) is 4.71. The topological polar surface area (TPSA) is 81.5 Å². The predicted octanol–water partition coefficient (Wildman–Crippen LogP) is 4.64. The first-order chi connectivity index (χ1) is 12.1. The number of carbonyl (C=O) groups excluding carboxylic acids is 1. The molecule has 6 nitrogen and oxygen atoms in total. The number of nitro benzene ring substituents is 1. The molecule has 3 aromatic rings. The van der Waals surface area contributed by atoms with Gasteiger partial charge >= 0.3 is 0 Å². The fraction of sp³-hybridized carbons (Fsp3) is 0. The zero-order chi connectivity index (χ0) is 17.6. The zero-order valence-electron chi connectivity index (χ0n) is 13.1. The van der Waals surface area contributed by atoms with Gasteiger partial charge in [-0.05, 0) is 30.3 Å². The van der Waals surface area contributed by atoms with Gasteiger partial charge in [-0.2, -0.15) is 0 Å². The predicted molar refractivity (Wildman–Crippen MR) is 94.0 cm³/mol. The number of para-hydroxylation sites is 1. The lowest BCUT2D eigenvalue weighted by Crippen LogP contribution is -2.12. The van der Waals surface area contributed by atoms with Gasteiger partial charge in [-0.25, -0.2) is 0 Å². The molecule has 0 aliphatic carbocycles. The number of benzene rings is 3. The number of amides is 1. The van der Waals surface area contributed by atoms with E-state index in [1.165, 1.54) is 24.3 Å². The highest BCUT2D eigenvalue weighted by molar-refractivity contribution is 6.04. The van der Waals surface area contributed by atoms with Gasteiger partial charge in [0.05, 0.1) is 4.92 Å². The van der Waals surface area contributed by atoms with E-state index in [9.17, 15) is 14.9 Å². The molecule has 3 rings (SSSR count). The molecule has 0 aromatic heterocycles. The second-order valence-corrected chi connectivity index (χ2v) is 5.20. The molecule has 0 fully saturated rings. The van der Waals surface area contributed by atoms with E-state index in [0.29, 0.717) is 17.2 Å². The van der Waals surface area contributed by atoms with Crippen LogP contribution in [0, 0.1) is 10.1 Å². The summed E-state index contributed by atoms with van der Waals surface area (Å²) in [5.41, 5.74) is 0.613. The summed E-state index contributed by atoms with van der Waals surface area (Å²) < 4.78 is 5.72. The van der Waals surface area contributed by atoms with Gasteiger partial charge in [0.25, 0.3) is 11.6 Å². The van der Waals surface area contributed by atoms with Crippen molar-refractivity contribution in [2.45, 2.75) is 0 Å². The summed E-state index contributed by atoms with van der Waals surface area (Å²) >= 11 is 0. The molecule has 1 N–H and O–H groups in total. The molecular formula is C19H14N2O4. The third kappa shape index (κ3) is 4.20. The average Bonchev–Trinajstić information content (AvgIpc) is 2.63. The molecular weight excluding hydrogens is 320 g/mol. The summed E-state index contributed by atoms with van der Waals surface area (Å²) in [4.78, 5) is 22.6. The largest absolute Gasteiger partial charge is 0.457 e. The van der Waals surface area contributed by atoms with Gasteiger partial charge in [-0.1, -0.05) is 30.3 Å². The number of ether oxygens (including phenoxy) is 1. The van der Waals surface area contributed by atoms with Crippen molar-refractivity contribution in [3.63, 3.8) is 0 Å². The average molecular weight is 334 g/mol.